The number of hydrogen-bond donors (Lipinski definition) is 3. The molecule has 0 bridgehead atoms. The minimum absolute atomic E-state index is 0.139. The van der Waals surface area contributed by atoms with Gasteiger partial charge in [-0.1, -0.05) is 17.3 Å². The van der Waals surface area contributed by atoms with Crippen LogP contribution in [0.3, 0.4) is 0 Å². The molecule has 3 heterocycles. The third-order valence-electron chi connectivity index (χ3n) is 5.00. The zero-order valence-electron chi connectivity index (χ0n) is 19.5. The summed E-state index contributed by atoms with van der Waals surface area (Å²) in [6, 6.07) is 9.52. The van der Waals surface area contributed by atoms with Crippen LogP contribution in [0.15, 0.2) is 55.0 Å². The molecule has 0 aliphatic carbocycles. The average Bonchev–Trinajstić information content (AvgIpc) is 3.26. The van der Waals surface area contributed by atoms with Crippen molar-refractivity contribution in [3.8, 4) is 0 Å². The first-order valence-corrected chi connectivity index (χ1v) is 11.0. The van der Waals surface area contributed by atoms with Crippen molar-refractivity contribution < 1.29 is 19.5 Å². The Kier molecular flexibility index (Phi) is 8.95. The fourth-order valence-electron chi connectivity index (χ4n) is 3.23. The highest BCUT2D eigenvalue weighted by atomic mass is 16.4. The molecular weight excluding hydrogens is 452 g/mol. The molecule has 0 spiro atoms. The zero-order chi connectivity index (χ0) is 25.2. The second kappa shape index (κ2) is 12.3. The number of hydrogen-bond acceptors (Lipinski definition) is 8. The van der Waals surface area contributed by atoms with Gasteiger partial charge in [-0.25, -0.2) is 4.68 Å². The van der Waals surface area contributed by atoms with Crippen molar-refractivity contribution in [3.63, 3.8) is 0 Å². The maximum Gasteiger partial charge on any atom is 0.325 e. The molecule has 12 nitrogen and oxygen atoms in total. The quantitative estimate of drug-likeness (QED) is 0.333. The van der Waals surface area contributed by atoms with Gasteiger partial charge in [0.15, 0.2) is 0 Å². The summed E-state index contributed by atoms with van der Waals surface area (Å²) in [7, 11) is 0. The van der Waals surface area contributed by atoms with E-state index >= 15 is 0 Å². The monoisotopic (exact) mass is 480 g/mol. The highest BCUT2D eigenvalue weighted by Crippen LogP contribution is 2.10. The third-order valence-corrected chi connectivity index (χ3v) is 5.00. The van der Waals surface area contributed by atoms with E-state index in [2.05, 4.69) is 35.8 Å². The Morgan fingerprint density at radius 2 is 1.51 bits per heavy atom. The third kappa shape index (κ3) is 8.27. The molecule has 0 aliphatic rings. The van der Waals surface area contributed by atoms with E-state index in [0.29, 0.717) is 25.3 Å². The topological polar surface area (TPSA) is 155 Å². The Labute approximate surface area is 202 Å². The molecular formula is C23H28N8O4. The maximum atomic E-state index is 12.3. The van der Waals surface area contributed by atoms with Crippen LogP contribution in [0.1, 0.15) is 30.9 Å². The molecule has 2 atom stereocenters. The smallest absolute Gasteiger partial charge is 0.325 e. The lowest BCUT2D eigenvalue weighted by atomic mass is 10.2. The second-order valence-corrected chi connectivity index (χ2v) is 8.05. The molecule has 0 radical (unpaired) electrons. The number of nitrogens with one attached hydrogen (secondary N) is 2. The second-order valence-electron chi connectivity index (χ2n) is 8.05. The van der Waals surface area contributed by atoms with Gasteiger partial charge < -0.3 is 15.7 Å². The van der Waals surface area contributed by atoms with Gasteiger partial charge in [-0.3, -0.25) is 29.3 Å². The van der Waals surface area contributed by atoms with Gasteiger partial charge in [0.2, 0.25) is 11.8 Å². The number of rotatable bonds is 12. The van der Waals surface area contributed by atoms with Crippen LogP contribution < -0.4 is 10.6 Å². The lowest BCUT2D eigenvalue weighted by Gasteiger charge is -2.20. The van der Waals surface area contributed by atoms with E-state index in [9.17, 15) is 14.4 Å². The molecule has 12 heteroatoms. The molecule has 0 aromatic carbocycles. The number of aromatic nitrogens is 5. The summed E-state index contributed by atoms with van der Waals surface area (Å²) in [5.74, 6) is -2.20. The van der Waals surface area contributed by atoms with Crippen molar-refractivity contribution >= 4 is 17.8 Å². The SMILES string of the molecule is C[C@H](NC(=O)Cn1cc(CN(Cc2ccccn2)Cc2ccccn2)nn1)C(=O)N[C@H](C)C(=O)O. The number of pyridine rings is 2. The van der Waals surface area contributed by atoms with Crippen LogP contribution in [-0.2, 0) is 40.6 Å². The summed E-state index contributed by atoms with van der Waals surface area (Å²) in [4.78, 5) is 46.2. The van der Waals surface area contributed by atoms with Gasteiger partial charge in [0, 0.05) is 32.0 Å². The summed E-state index contributed by atoms with van der Waals surface area (Å²) in [5, 5.41) is 21.9. The lowest BCUT2D eigenvalue weighted by molar-refractivity contribution is -0.141. The molecule has 3 rings (SSSR count). The van der Waals surface area contributed by atoms with Crippen LogP contribution in [-0.4, -0.2) is 64.8 Å². The highest BCUT2D eigenvalue weighted by Gasteiger charge is 2.21. The summed E-state index contributed by atoms with van der Waals surface area (Å²) < 4.78 is 1.38. The minimum Gasteiger partial charge on any atom is -0.480 e. The van der Waals surface area contributed by atoms with Crippen molar-refractivity contribution in [2.24, 2.45) is 0 Å². The van der Waals surface area contributed by atoms with Crippen molar-refractivity contribution in [1.29, 1.82) is 0 Å². The Bertz CT molecular complexity index is 1080. The Morgan fingerprint density at radius 1 is 0.914 bits per heavy atom. The fraction of sp³-hybridized carbons (Fsp3) is 0.348. The highest BCUT2D eigenvalue weighted by molar-refractivity contribution is 5.89. The van der Waals surface area contributed by atoms with Gasteiger partial charge in [-0.05, 0) is 38.1 Å². The van der Waals surface area contributed by atoms with Gasteiger partial charge in [0.25, 0.3) is 0 Å². The summed E-state index contributed by atoms with van der Waals surface area (Å²) >= 11 is 0. The van der Waals surface area contributed by atoms with Crippen molar-refractivity contribution in [2.45, 2.75) is 52.1 Å². The Morgan fingerprint density at radius 3 is 2.06 bits per heavy atom. The largest absolute Gasteiger partial charge is 0.480 e. The molecule has 35 heavy (non-hydrogen) atoms. The first-order valence-electron chi connectivity index (χ1n) is 11.0. The van der Waals surface area contributed by atoms with Gasteiger partial charge >= 0.3 is 5.97 Å². The molecule has 0 fully saturated rings. The van der Waals surface area contributed by atoms with E-state index in [0.717, 1.165) is 11.4 Å². The lowest BCUT2D eigenvalue weighted by Crippen LogP contribution is -2.49. The molecule has 3 aromatic heterocycles. The van der Waals surface area contributed by atoms with Gasteiger partial charge in [-0.15, -0.1) is 5.10 Å². The number of carbonyl (C=O) groups excluding carboxylic acids is 2. The van der Waals surface area contributed by atoms with Crippen LogP contribution in [0.4, 0.5) is 0 Å². The van der Waals surface area contributed by atoms with Crippen LogP contribution >= 0.6 is 0 Å². The number of amides is 2. The first-order chi connectivity index (χ1) is 16.8. The van der Waals surface area contributed by atoms with Crippen LogP contribution in [0.25, 0.3) is 0 Å². The summed E-state index contributed by atoms with van der Waals surface area (Å²) in [6.45, 7) is 4.29. The van der Waals surface area contributed by atoms with E-state index in [1.165, 1.54) is 18.5 Å². The predicted octanol–water partition coefficient (Wildman–Crippen LogP) is 0.365. The molecule has 3 aromatic rings. The molecule has 184 valence electrons. The van der Waals surface area contributed by atoms with Gasteiger partial charge in [0.05, 0.1) is 23.3 Å². The molecule has 0 unspecified atom stereocenters. The van der Waals surface area contributed by atoms with E-state index in [1.807, 2.05) is 36.4 Å². The van der Waals surface area contributed by atoms with Gasteiger partial charge in [0.1, 0.15) is 18.6 Å². The van der Waals surface area contributed by atoms with E-state index in [-0.39, 0.29) is 6.54 Å². The number of carboxylic acid groups (broad SMARTS) is 1. The maximum absolute atomic E-state index is 12.3. The summed E-state index contributed by atoms with van der Waals surface area (Å²) in [5.41, 5.74) is 2.46. The van der Waals surface area contributed by atoms with E-state index < -0.39 is 29.9 Å². The van der Waals surface area contributed by atoms with E-state index in [4.69, 9.17) is 5.11 Å². The first kappa shape index (κ1) is 25.4. The van der Waals surface area contributed by atoms with Crippen LogP contribution in [0.5, 0.6) is 0 Å². The molecule has 0 aliphatic heterocycles. The molecule has 2 amide bonds. The number of carbonyl (C=O) groups is 3. The van der Waals surface area contributed by atoms with Crippen molar-refractivity contribution in [3.05, 3.63) is 72.1 Å². The normalized spacial score (nSPS) is 12.7. The van der Waals surface area contributed by atoms with Crippen LogP contribution in [0.2, 0.25) is 0 Å². The standard InChI is InChI=1S/C23H28N8O4/c1-16(22(33)27-17(2)23(34)35)26-21(32)15-31-14-20(28-29-31)13-30(11-18-7-3-5-9-24-18)12-19-8-4-6-10-25-19/h3-10,14,16-17H,11-13,15H2,1-2H3,(H,26,32)(H,27,33)(H,34,35)/t16-,17+/m0/s1. The van der Waals surface area contributed by atoms with Crippen molar-refractivity contribution in [2.75, 3.05) is 0 Å². The molecule has 3 N–H and O–H groups in total. The summed E-state index contributed by atoms with van der Waals surface area (Å²) in [6.07, 6.45) is 5.15. The number of nitrogens with zero attached hydrogens (tertiary/aromatic N) is 6. The predicted molar refractivity (Wildman–Crippen MR) is 124 cm³/mol. The molecule has 0 saturated carbocycles. The Hall–Kier alpha value is -4.19. The van der Waals surface area contributed by atoms with Crippen molar-refractivity contribution in [1.82, 2.24) is 40.5 Å². The Balaban J connectivity index is 1.58. The average molecular weight is 481 g/mol. The molecule has 0 saturated heterocycles. The zero-order valence-corrected chi connectivity index (χ0v) is 19.5. The fourth-order valence-corrected chi connectivity index (χ4v) is 3.23. The van der Waals surface area contributed by atoms with Crippen LogP contribution in [0, 0.1) is 0 Å². The number of carboxylic acids is 1. The van der Waals surface area contributed by atoms with E-state index in [1.54, 1.807) is 18.6 Å². The minimum atomic E-state index is -1.16. The number of aliphatic carboxylic acids is 1. The van der Waals surface area contributed by atoms with Gasteiger partial charge in [-0.2, -0.15) is 0 Å².